The van der Waals surface area contributed by atoms with Gasteiger partial charge in [0.2, 0.25) is 0 Å². The molecule has 0 fully saturated rings. The summed E-state index contributed by atoms with van der Waals surface area (Å²) in [5.41, 5.74) is 0. The van der Waals surface area contributed by atoms with Gasteiger partial charge < -0.3 is 25.2 Å². The van der Waals surface area contributed by atoms with Crippen molar-refractivity contribution in [3.05, 3.63) is 0 Å². The Morgan fingerprint density at radius 2 is 0.857 bits per heavy atom. The van der Waals surface area contributed by atoms with E-state index in [9.17, 15) is 24.0 Å². The molecule has 0 saturated carbocycles. The van der Waals surface area contributed by atoms with Crippen LogP contribution in [0.5, 0.6) is 0 Å². The molecule has 0 spiro atoms. The summed E-state index contributed by atoms with van der Waals surface area (Å²) in [6.45, 7) is -2.07. The number of aliphatic carboxylic acids is 4. The van der Waals surface area contributed by atoms with Gasteiger partial charge in [-0.15, -0.1) is 0 Å². The zero-order valence-electron chi connectivity index (χ0n) is 15.4. The number of rotatable bonds is 16. The molecule has 0 aliphatic heterocycles. The third-order valence-electron chi connectivity index (χ3n) is 3.48. The van der Waals surface area contributed by atoms with E-state index < -0.39 is 56.0 Å². The van der Waals surface area contributed by atoms with Crippen LogP contribution < -0.4 is 0 Å². The SMILES string of the molecule is COC(=O)CN(CCN(CC(=O)O)CC(=O)O)CCN(CC(=O)O)CC(=O)O. The van der Waals surface area contributed by atoms with Crippen molar-refractivity contribution in [1.82, 2.24) is 14.7 Å². The van der Waals surface area contributed by atoms with Crippen LogP contribution in [0.2, 0.25) is 0 Å². The Bertz CT molecular complexity index is 496. The van der Waals surface area contributed by atoms with Crippen LogP contribution in [0.25, 0.3) is 0 Å². The molecule has 0 aromatic rings. The highest BCUT2D eigenvalue weighted by Crippen LogP contribution is 1.97. The third-order valence-corrected chi connectivity index (χ3v) is 3.48. The van der Waals surface area contributed by atoms with Crippen molar-refractivity contribution in [1.29, 1.82) is 0 Å². The number of methoxy groups -OCH3 is 1. The minimum atomic E-state index is -1.21. The van der Waals surface area contributed by atoms with Crippen molar-refractivity contribution < 1.29 is 49.1 Å². The van der Waals surface area contributed by atoms with Gasteiger partial charge in [-0.1, -0.05) is 0 Å². The van der Waals surface area contributed by atoms with Crippen LogP contribution in [-0.4, -0.2) is 131 Å². The molecule has 0 radical (unpaired) electrons. The summed E-state index contributed by atoms with van der Waals surface area (Å²) in [7, 11) is 1.17. The average Bonchev–Trinajstić information content (AvgIpc) is 2.54. The largest absolute Gasteiger partial charge is 0.480 e. The molecule has 0 aliphatic rings. The van der Waals surface area contributed by atoms with Crippen LogP contribution in [0.4, 0.5) is 0 Å². The van der Waals surface area contributed by atoms with Crippen molar-refractivity contribution in [3.8, 4) is 0 Å². The van der Waals surface area contributed by atoms with E-state index in [1.807, 2.05) is 0 Å². The molecule has 160 valence electrons. The highest BCUT2D eigenvalue weighted by atomic mass is 16.5. The van der Waals surface area contributed by atoms with Gasteiger partial charge in [-0.05, 0) is 0 Å². The first-order valence-corrected chi connectivity index (χ1v) is 8.14. The Kier molecular flexibility index (Phi) is 12.1. The van der Waals surface area contributed by atoms with Crippen LogP contribution in [0.15, 0.2) is 0 Å². The lowest BCUT2D eigenvalue weighted by Gasteiger charge is -2.27. The molecular formula is C15H25N3O10. The first-order chi connectivity index (χ1) is 13.0. The lowest BCUT2D eigenvalue weighted by atomic mass is 10.3. The summed E-state index contributed by atoms with van der Waals surface area (Å²) in [4.78, 5) is 58.7. The fraction of sp³-hybridized carbons (Fsp3) is 0.667. The van der Waals surface area contributed by atoms with Gasteiger partial charge in [0.25, 0.3) is 0 Å². The standard InChI is InChI=1S/C15H25N3O10/c1-28-15(27)10-16(2-4-17(6-11(19)20)7-12(21)22)3-5-18(8-13(23)24)9-14(25)26/h2-10H2,1H3,(H,19,20)(H,21,22)(H,23,24)(H,25,26). The molecule has 0 unspecified atom stereocenters. The Labute approximate surface area is 160 Å². The average molecular weight is 407 g/mol. The summed E-state index contributed by atoms with van der Waals surface area (Å²) in [5, 5.41) is 35.4. The van der Waals surface area contributed by atoms with Gasteiger partial charge in [0.05, 0.1) is 39.8 Å². The minimum Gasteiger partial charge on any atom is -0.480 e. The second kappa shape index (κ2) is 13.4. The number of carboxylic acids is 4. The molecule has 0 bridgehead atoms. The summed E-state index contributed by atoms with van der Waals surface area (Å²) < 4.78 is 4.57. The van der Waals surface area contributed by atoms with E-state index in [2.05, 4.69) is 4.74 Å². The van der Waals surface area contributed by atoms with Crippen LogP contribution in [-0.2, 0) is 28.7 Å². The highest BCUT2D eigenvalue weighted by molar-refractivity contribution is 5.73. The Morgan fingerprint density at radius 1 is 0.571 bits per heavy atom. The summed E-state index contributed by atoms with van der Waals surface area (Å²) in [6.07, 6.45) is 0. The van der Waals surface area contributed by atoms with Crippen LogP contribution in [0, 0.1) is 0 Å². The van der Waals surface area contributed by atoms with Crippen molar-refractivity contribution in [2.75, 3.05) is 66.0 Å². The van der Waals surface area contributed by atoms with E-state index in [1.165, 1.54) is 12.0 Å². The second-order valence-electron chi connectivity index (χ2n) is 5.85. The summed E-state index contributed by atoms with van der Waals surface area (Å²) in [6, 6.07) is 0. The Hall–Kier alpha value is -2.77. The second-order valence-corrected chi connectivity index (χ2v) is 5.85. The fourth-order valence-corrected chi connectivity index (χ4v) is 2.28. The molecule has 0 aliphatic carbocycles. The maximum Gasteiger partial charge on any atom is 0.319 e. The van der Waals surface area contributed by atoms with Crippen molar-refractivity contribution in [2.45, 2.75) is 0 Å². The topological polar surface area (TPSA) is 185 Å². The van der Waals surface area contributed by atoms with Crippen LogP contribution in [0.3, 0.4) is 0 Å². The van der Waals surface area contributed by atoms with E-state index in [0.717, 1.165) is 9.80 Å². The highest BCUT2D eigenvalue weighted by Gasteiger charge is 2.19. The predicted molar refractivity (Wildman–Crippen MR) is 91.9 cm³/mol. The first-order valence-electron chi connectivity index (χ1n) is 8.14. The number of carboxylic acid groups (broad SMARTS) is 4. The molecule has 4 N–H and O–H groups in total. The molecule has 0 atom stereocenters. The van der Waals surface area contributed by atoms with Crippen molar-refractivity contribution in [3.63, 3.8) is 0 Å². The molecule has 13 heteroatoms. The summed E-state index contributed by atoms with van der Waals surface area (Å²) in [5.74, 6) is -5.46. The van der Waals surface area contributed by atoms with Gasteiger partial charge in [-0.25, -0.2) is 0 Å². The number of hydrogen-bond acceptors (Lipinski definition) is 9. The zero-order valence-corrected chi connectivity index (χ0v) is 15.4. The number of carbonyl (C=O) groups excluding carboxylic acids is 1. The van der Waals surface area contributed by atoms with Gasteiger partial charge in [0, 0.05) is 26.2 Å². The van der Waals surface area contributed by atoms with E-state index in [-0.39, 0.29) is 32.7 Å². The number of carbonyl (C=O) groups is 5. The van der Waals surface area contributed by atoms with Crippen LogP contribution in [0.1, 0.15) is 0 Å². The van der Waals surface area contributed by atoms with Crippen molar-refractivity contribution >= 4 is 29.8 Å². The van der Waals surface area contributed by atoms with E-state index in [4.69, 9.17) is 20.4 Å². The van der Waals surface area contributed by atoms with E-state index >= 15 is 0 Å². The number of hydrogen-bond donors (Lipinski definition) is 4. The third kappa shape index (κ3) is 13.4. The van der Waals surface area contributed by atoms with Gasteiger partial charge >= 0.3 is 29.8 Å². The van der Waals surface area contributed by atoms with Gasteiger partial charge in [0.1, 0.15) is 0 Å². The summed E-state index contributed by atoms with van der Waals surface area (Å²) >= 11 is 0. The predicted octanol–water partition coefficient (Wildman–Crippen LogP) is -2.60. The molecule has 0 rings (SSSR count). The molecular weight excluding hydrogens is 382 g/mol. The lowest BCUT2D eigenvalue weighted by Crippen LogP contribution is -2.45. The normalized spacial score (nSPS) is 11.0. The lowest BCUT2D eigenvalue weighted by molar-refractivity contribution is -0.144. The Morgan fingerprint density at radius 3 is 1.11 bits per heavy atom. The monoisotopic (exact) mass is 407 g/mol. The molecule has 0 aromatic carbocycles. The molecule has 0 aromatic heterocycles. The molecule has 0 saturated heterocycles. The minimum absolute atomic E-state index is 0.00740. The molecule has 13 nitrogen and oxygen atoms in total. The van der Waals surface area contributed by atoms with Gasteiger partial charge in [-0.2, -0.15) is 0 Å². The molecule has 0 amide bonds. The number of ether oxygens (including phenoxy) is 1. The molecule has 28 heavy (non-hydrogen) atoms. The van der Waals surface area contributed by atoms with Crippen molar-refractivity contribution in [2.24, 2.45) is 0 Å². The quantitative estimate of drug-likeness (QED) is 0.195. The van der Waals surface area contributed by atoms with E-state index in [1.54, 1.807) is 0 Å². The first kappa shape index (κ1) is 25.2. The van der Waals surface area contributed by atoms with Gasteiger partial charge in [-0.3, -0.25) is 38.7 Å². The maximum atomic E-state index is 11.6. The maximum absolute atomic E-state index is 11.6. The molecule has 0 heterocycles. The number of nitrogens with zero attached hydrogens (tertiary/aromatic N) is 3. The van der Waals surface area contributed by atoms with Crippen LogP contribution >= 0.6 is 0 Å². The van der Waals surface area contributed by atoms with E-state index in [0.29, 0.717) is 0 Å². The Balaban J connectivity index is 4.95. The van der Waals surface area contributed by atoms with Gasteiger partial charge in [0.15, 0.2) is 0 Å². The zero-order chi connectivity index (χ0) is 21.7. The number of esters is 1. The fourth-order valence-electron chi connectivity index (χ4n) is 2.28. The smallest absolute Gasteiger partial charge is 0.319 e.